The highest BCUT2D eigenvalue weighted by Crippen LogP contribution is 2.22. The average molecular weight is 409 g/mol. The number of hydrogen-bond donors (Lipinski definition) is 2. The third-order valence-corrected chi connectivity index (χ3v) is 4.27. The summed E-state index contributed by atoms with van der Waals surface area (Å²) in [6.07, 6.45) is 5.09. The lowest BCUT2D eigenvalue weighted by Gasteiger charge is -2.07. The van der Waals surface area contributed by atoms with Crippen LogP contribution in [0.5, 0.6) is 5.75 Å². The molecule has 2 amide bonds. The fraction of sp³-hybridized carbons (Fsp3) is 0.0952. The summed E-state index contributed by atoms with van der Waals surface area (Å²) in [5.41, 5.74) is 2.73. The topological polar surface area (TPSA) is 81.1 Å². The average Bonchev–Trinajstić information content (AvgIpc) is 3.16. The van der Waals surface area contributed by atoms with E-state index in [1.807, 2.05) is 18.2 Å². The molecule has 0 aliphatic heterocycles. The second-order valence-electron chi connectivity index (χ2n) is 6.39. The first-order chi connectivity index (χ1) is 14.6. The summed E-state index contributed by atoms with van der Waals surface area (Å²) in [6, 6.07) is 14.9. The first kappa shape index (κ1) is 19.3. The molecule has 2 N–H and O–H groups in total. The molecule has 0 aliphatic rings. The van der Waals surface area contributed by atoms with Gasteiger partial charge < -0.3 is 15.4 Å². The zero-order valence-electron chi connectivity index (χ0n) is 15.6. The van der Waals surface area contributed by atoms with Gasteiger partial charge in [0.2, 0.25) is 0 Å². The van der Waals surface area contributed by atoms with Crippen molar-refractivity contribution in [3.63, 3.8) is 0 Å². The van der Waals surface area contributed by atoms with E-state index in [-0.39, 0.29) is 11.8 Å². The number of nitrogens with zero attached hydrogens (tertiary/aromatic N) is 3. The Morgan fingerprint density at radius 2 is 1.93 bits per heavy atom. The van der Waals surface area contributed by atoms with E-state index in [1.54, 1.807) is 47.5 Å². The lowest BCUT2D eigenvalue weighted by atomic mass is 10.2. The van der Waals surface area contributed by atoms with E-state index in [1.165, 1.54) is 12.1 Å². The molecule has 7 nitrogen and oxygen atoms in total. The van der Waals surface area contributed by atoms with Gasteiger partial charge in [0.15, 0.2) is 0 Å². The molecule has 2 aromatic heterocycles. The Hall–Kier alpha value is -4.01. The van der Waals surface area contributed by atoms with Gasteiger partial charge in [-0.1, -0.05) is 6.07 Å². The summed E-state index contributed by atoms with van der Waals surface area (Å²) in [7, 11) is 0. The lowest BCUT2D eigenvalue weighted by Crippen LogP contribution is -2.28. The zero-order valence-corrected chi connectivity index (χ0v) is 15.6. The SMILES string of the molecule is O=C(NCc1ccncc1)Nc1ccc2cn(-c3cccc(OC(F)F)c3)nc2c1. The highest BCUT2D eigenvalue weighted by Gasteiger charge is 2.09. The van der Waals surface area contributed by atoms with Crippen LogP contribution in [0.15, 0.2) is 73.2 Å². The summed E-state index contributed by atoms with van der Waals surface area (Å²) < 4.78 is 30.9. The molecule has 30 heavy (non-hydrogen) atoms. The van der Waals surface area contributed by atoms with Gasteiger partial charge in [-0.05, 0) is 48.0 Å². The number of carbonyl (C=O) groups is 1. The van der Waals surface area contributed by atoms with Crippen LogP contribution >= 0.6 is 0 Å². The Labute approximate surface area is 170 Å². The lowest BCUT2D eigenvalue weighted by molar-refractivity contribution is -0.0498. The molecule has 0 saturated heterocycles. The standard InChI is InChI=1S/C21H17F2N5O2/c22-20(23)30-18-3-1-2-17(11-18)28-13-15-4-5-16(10-19(15)27-28)26-21(29)25-12-14-6-8-24-9-7-14/h1-11,13,20H,12H2,(H2,25,26,29). The second-order valence-corrected chi connectivity index (χ2v) is 6.39. The van der Waals surface area contributed by atoms with Gasteiger partial charge in [0, 0.05) is 42.3 Å². The fourth-order valence-electron chi connectivity index (χ4n) is 2.89. The van der Waals surface area contributed by atoms with Crippen LogP contribution in [0.4, 0.5) is 19.3 Å². The molecule has 0 radical (unpaired) electrons. The van der Waals surface area contributed by atoms with Gasteiger partial charge in [0.25, 0.3) is 0 Å². The third-order valence-electron chi connectivity index (χ3n) is 4.27. The first-order valence-corrected chi connectivity index (χ1v) is 9.05. The molecule has 0 saturated carbocycles. The number of urea groups is 1. The van der Waals surface area contributed by atoms with Crippen molar-refractivity contribution in [2.45, 2.75) is 13.2 Å². The number of alkyl halides is 2. The van der Waals surface area contributed by atoms with Gasteiger partial charge in [-0.25, -0.2) is 9.48 Å². The molecule has 0 atom stereocenters. The van der Waals surface area contributed by atoms with Crippen LogP contribution in [-0.2, 0) is 6.54 Å². The number of nitrogens with one attached hydrogen (secondary N) is 2. The highest BCUT2D eigenvalue weighted by molar-refractivity contribution is 5.92. The number of pyridine rings is 1. The molecule has 0 fully saturated rings. The minimum Gasteiger partial charge on any atom is -0.435 e. The predicted octanol–water partition coefficient (Wildman–Crippen LogP) is 4.34. The summed E-state index contributed by atoms with van der Waals surface area (Å²) in [4.78, 5) is 16.1. The Bertz CT molecular complexity index is 1160. The Morgan fingerprint density at radius 1 is 1.10 bits per heavy atom. The Kier molecular flexibility index (Phi) is 5.51. The molecular formula is C21H17F2N5O2. The number of ether oxygens (including phenoxy) is 1. The van der Waals surface area contributed by atoms with Crippen LogP contribution in [0.3, 0.4) is 0 Å². The Morgan fingerprint density at radius 3 is 2.73 bits per heavy atom. The van der Waals surface area contributed by atoms with Gasteiger partial charge in [0.05, 0.1) is 11.2 Å². The van der Waals surface area contributed by atoms with E-state index in [9.17, 15) is 13.6 Å². The van der Waals surface area contributed by atoms with Crippen LogP contribution in [0, 0.1) is 0 Å². The number of halogens is 2. The van der Waals surface area contributed by atoms with Gasteiger partial charge in [-0.2, -0.15) is 13.9 Å². The highest BCUT2D eigenvalue weighted by atomic mass is 19.3. The van der Waals surface area contributed by atoms with Crippen LogP contribution in [0.25, 0.3) is 16.6 Å². The van der Waals surface area contributed by atoms with Gasteiger partial charge in [-0.15, -0.1) is 0 Å². The maximum atomic E-state index is 12.4. The van der Waals surface area contributed by atoms with Crippen molar-refractivity contribution in [3.8, 4) is 11.4 Å². The monoisotopic (exact) mass is 409 g/mol. The first-order valence-electron chi connectivity index (χ1n) is 9.05. The van der Waals surface area contributed by atoms with E-state index in [0.717, 1.165) is 10.9 Å². The molecule has 0 spiro atoms. The fourth-order valence-corrected chi connectivity index (χ4v) is 2.89. The summed E-state index contributed by atoms with van der Waals surface area (Å²) in [6.45, 7) is -2.52. The van der Waals surface area contributed by atoms with Crippen LogP contribution in [-0.4, -0.2) is 27.4 Å². The van der Waals surface area contributed by atoms with Gasteiger partial charge in [-0.3, -0.25) is 4.98 Å². The van der Waals surface area contributed by atoms with Crippen LogP contribution < -0.4 is 15.4 Å². The zero-order chi connectivity index (χ0) is 20.9. The molecule has 0 aliphatic carbocycles. The minimum atomic E-state index is -2.89. The van der Waals surface area contributed by atoms with Crippen molar-refractivity contribution in [2.75, 3.05) is 5.32 Å². The molecule has 4 rings (SSSR count). The number of benzene rings is 2. The second kappa shape index (κ2) is 8.56. The number of aromatic nitrogens is 3. The van der Waals surface area contributed by atoms with E-state index >= 15 is 0 Å². The number of amides is 2. The number of rotatable bonds is 6. The predicted molar refractivity (Wildman–Crippen MR) is 108 cm³/mol. The number of fused-ring (bicyclic) bond motifs is 1. The molecule has 2 aromatic carbocycles. The minimum absolute atomic E-state index is 0.0512. The quantitative estimate of drug-likeness (QED) is 0.496. The maximum Gasteiger partial charge on any atom is 0.387 e. The van der Waals surface area contributed by atoms with E-state index in [4.69, 9.17) is 0 Å². The van der Waals surface area contributed by atoms with Crippen LogP contribution in [0.1, 0.15) is 5.56 Å². The molecule has 4 aromatic rings. The van der Waals surface area contributed by atoms with Crippen molar-refractivity contribution in [1.29, 1.82) is 0 Å². The summed E-state index contributed by atoms with van der Waals surface area (Å²) in [5, 5.41) is 10.8. The van der Waals surface area contributed by atoms with Crippen LogP contribution in [0.2, 0.25) is 0 Å². The third kappa shape index (κ3) is 4.69. The Balaban J connectivity index is 1.46. The molecular weight excluding hydrogens is 392 g/mol. The van der Waals surface area contributed by atoms with E-state index in [0.29, 0.717) is 23.4 Å². The van der Waals surface area contributed by atoms with Gasteiger partial charge >= 0.3 is 12.6 Å². The normalized spacial score (nSPS) is 10.9. The molecule has 2 heterocycles. The van der Waals surface area contributed by atoms with Crippen molar-refractivity contribution < 1.29 is 18.3 Å². The molecule has 0 unspecified atom stereocenters. The number of carbonyl (C=O) groups excluding carboxylic acids is 1. The molecule has 9 heteroatoms. The summed E-state index contributed by atoms with van der Waals surface area (Å²) in [5.74, 6) is 0.0512. The summed E-state index contributed by atoms with van der Waals surface area (Å²) >= 11 is 0. The van der Waals surface area contributed by atoms with Crippen molar-refractivity contribution in [2.24, 2.45) is 0 Å². The molecule has 0 bridgehead atoms. The smallest absolute Gasteiger partial charge is 0.387 e. The van der Waals surface area contributed by atoms with E-state index < -0.39 is 6.61 Å². The number of anilines is 1. The largest absolute Gasteiger partial charge is 0.435 e. The number of hydrogen-bond acceptors (Lipinski definition) is 4. The maximum absolute atomic E-state index is 12.4. The van der Waals surface area contributed by atoms with Crippen molar-refractivity contribution in [3.05, 3.63) is 78.8 Å². The van der Waals surface area contributed by atoms with Crippen molar-refractivity contribution >= 4 is 22.6 Å². The van der Waals surface area contributed by atoms with Crippen molar-refractivity contribution in [1.82, 2.24) is 20.1 Å². The van der Waals surface area contributed by atoms with Gasteiger partial charge in [0.1, 0.15) is 5.75 Å². The van der Waals surface area contributed by atoms with E-state index in [2.05, 4.69) is 25.5 Å². The molecule has 152 valence electrons.